The number of aromatic nitrogens is 4. The van der Waals surface area contributed by atoms with Gasteiger partial charge in [0.2, 0.25) is 0 Å². The number of nitrogens with zero attached hydrogens (tertiary/aromatic N) is 4. The fraction of sp³-hybridized carbons (Fsp3) is 0.737. The Hall–Kier alpha value is -1.17. The van der Waals surface area contributed by atoms with Crippen LogP contribution in [0.2, 0.25) is 5.15 Å². The molecule has 13 heteroatoms. The Morgan fingerprint density at radius 2 is 1.84 bits per heavy atom. The van der Waals surface area contributed by atoms with Crippen LogP contribution in [0.3, 0.4) is 0 Å². The maximum atomic E-state index is 12.9. The molecular weight excluding hydrogens is 463 g/mol. The molecule has 180 valence electrons. The molecule has 11 nitrogen and oxygen atoms in total. The summed E-state index contributed by atoms with van der Waals surface area (Å²) in [4.78, 5) is 22.7. The Morgan fingerprint density at radius 1 is 1.19 bits per heavy atom. The molecule has 1 fully saturated rings. The van der Waals surface area contributed by atoms with Crippen molar-refractivity contribution in [2.75, 3.05) is 0 Å². The van der Waals surface area contributed by atoms with Gasteiger partial charge in [0.1, 0.15) is 24.1 Å². The molecule has 1 aliphatic rings. The standard InChI is InChI=1S/C19H30ClN4O7P/c1-5-18(4,31-32(28,29)19(27,6-2)7-3)8-11-13(25)14(26)17(30-11)24-10-23-12-15(20)21-9-22-16(12)24/h9-11,13-14,17,25-27H,5-8H2,1-4H3,(H,28,29). The van der Waals surface area contributed by atoms with Crippen molar-refractivity contribution in [3.8, 4) is 0 Å². The van der Waals surface area contributed by atoms with Crippen LogP contribution in [0.1, 0.15) is 59.6 Å². The molecule has 0 radical (unpaired) electrons. The first kappa shape index (κ1) is 25.5. The first-order valence-corrected chi connectivity index (χ1v) is 12.5. The summed E-state index contributed by atoms with van der Waals surface area (Å²) in [7, 11) is -4.44. The summed E-state index contributed by atoms with van der Waals surface area (Å²) in [5, 5.41) is 30.1. The van der Waals surface area contributed by atoms with Crippen LogP contribution >= 0.6 is 19.2 Å². The van der Waals surface area contributed by atoms with Crippen molar-refractivity contribution in [1.82, 2.24) is 19.5 Å². The summed E-state index contributed by atoms with van der Waals surface area (Å²) in [6.07, 6.45) is -1.57. The molecule has 0 bridgehead atoms. The molecule has 32 heavy (non-hydrogen) atoms. The molecule has 0 aromatic carbocycles. The van der Waals surface area contributed by atoms with Crippen LogP contribution in [-0.4, -0.2) is 69.0 Å². The van der Waals surface area contributed by atoms with Crippen molar-refractivity contribution in [2.24, 2.45) is 0 Å². The second kappa shape index (κ2) is 9.23. The van der Waals surface area contributed by atoms with E-state index in [1.54, 1.807) is 27.7 Å². The van der Waals surface area contributed by atoms with Crippen LogP contribution in [0.4, 0.5) is 0 Å². The normalized spacial score (nSPS) is 28.0. The van der Waals surface area contributed by atoms with Crippen molar-refractivity contribution < 1.29 is 34.0 Å². The molecule has 1 saturated heterocycles. The van der Waals surface area contributed by atoms with Gasteiger partial charge in [0, 0.05) is 6.42 Å². The summed E-state index contributed by atoms with van der Waals surface area (Å²) in [5.41, 5.74) is -0.567. The zero-order valence-electron chi connectivity index (χ0n) is 18.4. The fourth-order valence-electron chi connectivity index (χ4n) is 3.84. The van der Waals surface area contributed by atoms with Gasteiger partial charge in [-0.3, -0.25) is 9.13 Å². The summed E-state index contributed by atoms with van der Waals surface area (Å²) in [5.74, 6) is 0. The lowest BCUT2D eigenvalue weighted by atomic mass is 9.93. The van der Waals surface area contributed by atoms with E-state index in [4.69, 9.17) is 20.9 Å². The summed E-state index contributed by atoms with van der Waals surface area (Å²) in [6, 6.07) is 0. The highest BCUT2D eigenvalue weighted by Gasteiger charge is 2.51. The number of hydrogen-bond acceptors (Lipinski definition) is 9. The summed E-state index contributed by atoms with van der Waals surface area (Å²) >= 11 is 6.03. The molecule has 1 aliphatic heterocycles. The number of imidazole rings is 1. The van der Waals surface area contributed by atoms with Crippen molar-refractivity contribution >= 4 is 30.4 Å². The van der Waals surface area contributed by atoms with Crippen LogP contribution in [0, 0.1) is 0 Å². The van der Waals surface area contributed by atoms with Gasteiger partial charge in [-0.1, -0.05) is 32.4 Å². The van der Waals surface area contributed by atoms with Gasteiger partial charge in [-0.05, 0) is 26.2 Å². The number of rotatable bonds is 9. The molecular formula is C19H30ClN4O7P. The monoisotopic (exact) mass is 492 g/mol. The van der Waals surface area contributed by atoms with Crippen LogP contribution in [0.25, 0.3) is 11.2 Å². The van der Waals surface area contributed by atoms with Crippen LogP contribution in [-0.2, 0) is 13.8 Å². The van der Waals surface area contributed by atoms with Crippen LogP contribution in [0.5, 0.6) is 0 Å². The molecule has 6 atom stereocenters. The number of aliphatic hydroxyl groups excluding tert-OH is 2. The van der Waals surface area contributed by atoms with E-state index in [0.29, 0.717) is 17.6 Å². The van der Waals surface area contributed by atoms with E-state index in [-0.39, 0.29) is 24.4 Å². The highest BCUT2D eigenvalue weighted by atomic mass is 35.5. The van der Waals surface area contributed by atoms with Gasteiger partial charge < -0.3 is 29.5 Å². The van der Waals surface area contributed by atoms with Crippen LogP contribution in [0.15, 0.2) is 12.7 Å². The SMILES string of the molecule is CCC(C)(CC1OC(n2cnc3c(Cl)ncnc32)C(O)C1O)OP(=O)(O)C(O)(CC)CC. The van der Waals surface area contributed by atoms with E-state index in [1.165, 1.54) is 17.2 Å². The lowest BCUT2D eigenvalue weighted by Crippen LogP contribution is -2.40. The summed E-state index contributed by atoms with van der Waals surface area (Å²) < 4.78 is 25.9. The largest absolute Gasteiger partial charge is 0.388 e. The minimum atomic E-state index is -4.44. The lowest BCUT2D eigenvalue weighted by Gasteiger charge is -2.38. The molecule has 0 saturated carbocycles. The second-order valence-electron chi connectivity index (χ2n) is 8.34. The number of ether oxygens (including phenoxy) is 1. The third kappa shape index (κ3) is 4.45. The highest BCUT2D eigenvalue weighted by molar-refractivity contribution is 7.54. The van der Waals surface area contributed by atoms with Gasteiger partial charge in [0.25, 0.3) is 0 Å². The van der Waals surface area contributed by atoms with Gasteiger partial charge in [0.15, 0.2) is 22.4 Å². The first-order chi connectivity index (χ1) is 14.9. The van der Waals surface area contributed by atoms with E-state index in [0.717, 1.165) is 0 Å². The Kier molecular flexibility index (Phi) is 7.34. The number of fused-ring (bicyclic) bond motifs is 1. The molecule has 6 unspecified atom stereocenters. The third-order valence-corrected chi connectivity index (χ3v) is 8.96. The van der Waals surface area contributed by atoms with Gasteiger partial charge in [-0.25, -0.2) is 15.0 Å². The van der Waals surface area contributed by atoms with E-state index in [2.05, 4.69) is 15.0 Å². The molecule has 3 rings (SSSR count). The van der Waals surface area contributed by atoms with E-state index >= 15 is 0 Å². The minimum absolute atomic E-state index is 0.00530. The maximum Gasteiger partial charge on any atom is 0.359 e. The van der Waals surface area contributed by atoms with Crippen molar-refractivity contribution in [1.29, 1.82) is 0 Å². The topological polar surface area (TPSA) is 160 Å². The average Bonchev–Trinajstić information content (AvgIpc) is 3.30. The average molecular weight is 493 g/mol. The highest BCUT2D eigenvalue weighted by Crippen LogP contribution is 2.60. The van der Waals surface area contributed by atoms with Crippen molar-refractivity contribution in [3.05, 3.63) is 17.8 Å². The number of halogens is 1. The van der Waals surface area contributed by atoms with Gasteiger partial charge in [-0.2, -0.15) is 0 Å². The fourth-order valence-corrected chi connectivity index (χ4v) is 5.79. The Morgan fingerprint density at radius 3 is 2.44 bits per heavy atom. The van der Waals surface area contributed by atoms with Gasteiger partial charge >= 0.3 is 7.60 Å². The quantitative estimate of drug-likeness (QED) is 0.302. The Bertz CT molecular complexity index is 1000. The molecule has 0 amide bonds. The molecule has 2 aromatic heterocycles. The number of aliphatic hydroxyl groups is 3. The van der Waals surface area contributed by atoms with E-state index < -0.39 is 43.1 Å². The third-order valence-electron chi connectivity index (χ3n) is 6.31. The molecule has 2 aromatic rings. The maximum absolute atomic E-state index is 12.9. The zero-order chi connectivity index (χ0) is 23.9. The second-order valence-corrected chi connectivity index (χ2v) is 10.8. The summed E-state index contributed by atoms with van der Waals surface area (Å²) in [6.45, 7) is 6.58. The lowest BCUT2D eigenvalue weighted by molar-refractivity contribution is -0.0696. The molecule has 0 aliphatic carbocycles. The number of hydrogen-bond donors (Lipinski definition) is 4. The van der Waals surface area contributed by atoms with Crippen LogP contribution < -0.4 is 0 Å². The first-order valence-electron chi connectivity index (χ1n) is 10.5. The Labute approximate surface area is 190 Å². The van der Waals surface area contributed by atoms with Crippen molar-refractivity contribution in [3.63, 3.8) is 0 Å². The predicted octanol–water partition coefficient (Wildman–Crippen LogP) is 2.37. The minimum Gasteiger partial charge on any atom is -0.388 e. The molecule has 0 spiro atoms. The molecule has 4 N–H and O–H groups in total. The predicted molar refractivity (Wildman–Crippen MR) is 116 cm³/mol. The van der Waals surface area contributed by atoms with Gasteiger partial charge in [-0.15, -0.1) is 0 Å². The van der Waals surface area contributed by atoms with E-state index in [1.807, 2.05) is 0 Å². The van der Waals surface area contributed by atoms with Gasteiger partial charge in [0.05, 0.1) is 18.0 Å². The van der Waals surface area contributed by atoms with Crippen molar-refractivity contribution in [2.45, 2.75) is 88.9 Å². The Balaban J connectivity index is 1.83. The zero-order valence-corrected chi connectivity index (χ0v) is 20.1. The van der Waals surface area contributed by atoms with E-state index in [9.17, 15) is 24.8 Å². The smallest absolute Gasteiger partial charge is 0.359 e. The molecule has 3 heterocycles.